The second-order valence-corrected chi connectivity index (χ2v) is 3.62. The van der Waals surface area contributed by atoms with Crippen molar-refractivity contribution >= 4 is 17.9 Å². The molecular formula is C12H14O6. The Morgan fingerprint density at radius 3 is 2.39 bits per heavy atom. The zero-order valence-electron chi connectivity index (χ0n) is 9.81. The minimum absolute atomic E-state index is 0.0771. The van der Waals surface area contributed by atoms with Crippen LogP contribution in [-0.4, -0.2) is 36.2 Å². The Hall–Kier alpha value is -2.11. The standard InChI is InChI=1S/C12H14O6/c1-2-10(13)17-6-7-18-12(16)9-5-3-4-8(9)11(14)15/h2H,1,3-7H2,(H,14,15). The van der Waals surface area contributed by atoms with Gasteiger partial charge < -0.3 is 14.6 Å². The number of carbonyl (C=O) groups excluding carboxylic acids is 2. The molecule has 0 heterocycles. The van der Waals surface area contributed by atoms with Gasteiger partial charge in [0.15, 0.2) is 0 Å². The summed E-state index contributed by atoms with van der Waals surface area (Å²) in [6, 6.07) is 0. The monoisotopic (exact) mass is 254 g/mol. The zero-order chi connectivity index (χ0) is 13.5. The van der Waals surface area contributed by atoms with Crippen molar-refractivity contribution in [2.75, 3.05) is 13.2 Å². The Morgan fingerprint density at radius 2 is 1.78 bits per heavy atom. The maximum absolute atomic E-state index is 11.6. The second-order valence-electron chi connectivity index (χ2n) is 3.62. The van der Waals surface area contributed by atoms with Gasteiger partial charge >= 0.3 is 17.9 Å². The van der Waals surface area contributed by atoms with Gasteiger partial charge in [-0.25, -0.2) is 14.4 Å². The molecule has 0 unspecified atom stereocenters. The van der Waals surface area contributed by atoms with Gasteiger partial charge in [0.25, 0.3) is 0 Å². The molecule has 0 bridgehead atoms. The maximum Gasteiger partial charge on any atom is 0.334 e. The quantitative estimate of drug-likeness (QED) is 0.429. The average Bonchev–Trinajstić information content (AvgIpc) is 2.83. The molecule has 1 aliphatic carbocycles. The number of ether oxygens (including phenoxy) is 2. The number of carbonyl (C=O) groups is 3. The minimum atomic E-state index is -1.09. The molecule has 98 valence electrons. The third kappa shape index (κ3) is 3.73. The summed E-state index contributed by atoms with van der Waals surface area (Å²) in [5, 5.41) is 8.86. The Kier molecular flexibility index (Phi) is 5.10. The van der Waals surface area contributed by atoms with Crippen LogP contribution in [-0.2, 0) is 23.9 Å². The largest absolute Gasteiger partial charge is 0.478 e. The first-order valence-electron chi connectivity index (χ1n) is 5.48. The predicted octanol–water partition coefficient (Wildman–Crippen LogP) is 0.824. The van der Waals surface area contributed by atoms with E-state index in [4.69, 9.17) is 9.84 Å². The van der Waals surface area contributed by atoms with Crippen LogP contribution < -0.4 is 0 Å². The number of hydrogen-bond donors (Lipinski definition) is 1. The van der Waals surface area contributed by atoms with Crippen molar-refractivity contribution in [2.45, 2.75) is 19.3 Å². The molecule has 1 aliphatic rings. The lowest BCUT2D eigenvalue weighted by atomic mass is 10.1. The molecule has 0 fully saturated rings. The van der Waals surface area contributed by atoms with E-state index in [-0.39, 0.29) is 24.4 Å². The molecule has 6 heteroatoms. The van der Waals surface area contributed by atoms with E-state index in [0.29, 0.717) is 19.3 Å². The fraction of sp³-hybridized carbons (Fsp3) is 0.417. The number of carboxylic acid groups (broad SMARTS) is 1. The maximum atomic E-state index is 11.6. The summed E-state index contributed by atoms with van der Waals surface area (Å²) in [4.78, 5) is 33.1. The van der Waals surface area contributed by atoms with Gasteiger partial charge in [0, 0.05) is 17.2 Å². The third-order valence-corrected chi connectivity index (χ3v) is 2.45. The lowest BCUT2D eigenvalue weighted by molar-refractivity contribution is -0.147. The van der Waals surface area contributed by atoms with E-state index in [0.717, 1.165) is 6.08 Å². The van der Waals surface area contributed by atoms with Gasteiger partial charge in [-0.05, 0) is 19.3 Å². The lowest BCUT2D eigenvalue weighted by Gasteiger charge is -2.06. The van der Waals surface area contributed by atoms with Crippen LogP contribution in [0.15, 0.2) is 23.8 Å². The van der Waals surface area contributed by atoms with Gasteiger partial charge in [-0.3, -0.25) is 0 Å². The summed E-state index contributed by atoms with van der Waals surface area (Å²) in [6.45, 7) is 3.03. The highest BCUT2D eigenvalue weighted by Gasteiger charge is 2.26. The topological polar surface area (TPSA) is 89.9 Å². The molecule has 0 saturated carbocycles. The molecule has 0 atom stereocenters. The molecule has 0 aromatic heterocycles. The summed E-state index contributed by atoms with van der Waals surface area (Å²) in [7, 11) is 0. The van der Waals surface area contributed by atoms with E-state index in [9.17, 15) is 14.4 Å². The first-order valence-corrected chi connectivity index (χ1v) is 5.48. The summed E-state index contributed by atoms with van der Waals surface area (Å²) >= 11 is 0. The fourth-order valence-electron chi connectivity index (χ4n) is 1.63. The van der Waals surface area contributed by atoms with Crippen LogP contribution in [0.1, 0.15) is 19.3 Å². The van der Waals surface area contributed by atoms with Gasteiger partial charge in [0.1, 0.15) is 13.2 Å². The van der Waals surface area contributed by atoms with Gasteiger partial charge in [0.05, 0.1) is 0 Å². The second kappa shape index (κ2) is 6.58. The van der Waals surface area contributed by atoms with Gasteiger partial charge in [-0.1, -0.05) is 6.58 Å². The molecular weight excluding hydrogens is 240 g/mol. The van der Waals surface area contributed by atoms with Crippen molar-refractivity contribution in [1.82, 2.24) is 0 Å². The smallest absolute Gasteiger partial charge is 0.334 e. The highest BCUT2D eigenvalue weighted by Crippen LogP contribution is 2.26. The van der Waals surface area contributed by atoms with E-state index < -0.39 is 17.9 Å². The molecule has 0 spiro atoms. The SMILES string of the molecule is C=CC(=O)OCCOC(=O)C1=C(C(=O)O)CCC1. The molecule has 18 heavy (non-hydrogen) atoms. The van der Waals surface area contributed by atoms with Gasteiger partial charge in [-0.15, -0.1) is 0 Å². The summed E-state index contributed by atoms with van der Waals surface area (Å²) in [5.74, 6) is -2.34. The minimum Gasteiger partial charge on any atom is -0.478 e. The third-order valence-electron chi connectivity index (χ3n) is 2.45. The molecule has 0 saturated heterocycles. The molecule has 1 N–H and O–H groups in total. The Bertz CT molecular complexity index is 407. The van der Waals surface area contributed by atoms with Crippen LogP contribution in [0.25, 0.3) is 0 Å². The van der Waals surface area contributed by atoms with Crippen LogP contribution >= 0.6 is 0 Å². The van der Waals surface area contributed by atoms with Crippen molar-refractivity contribution in [1.29, 1.82) is 0 Å². The van der Waals surface area contributed by atoms with Crippen molar-refractivity contribution < 1.29 is 29.0 Å². The summed E-state index contributed by atoms with van der Waals surface area (Å²) in [5.41, 5.74) is 0.320. The summed E-state index contributed by atoms with van der Waals surface area (Å²) in [6.07, 6.45) is 2.43. The Labute approximate surface area is 104 Å². The van der Waals surface area contributed by atoms with E-state index in [1.165, 1.54) is 0 Å². The molecule has 1 rings (SSSR count). The highest BCUT2D eigenvalue weighted by atomic mass is 16.6. The highest BCUT2D eigenvalue weighted by molar-refractivity contribution is 6.00. The van der Waals surface area contributed by atoms with Crippen molar-refractivity contribution in [3.8, 4) is 0 Å². The summed E-state index contributed by atoms with van der Waals surface area (Å²) < 4.78 is 9.44. The Morgan fingerprint density at radius 1 is 1.17 bits per heavy atom. The average molecular weight is 254 g/mol. The van der Waals surface area contributed by atoms with E-state index in [1.54, 1.807) is 0 Å². The van der Waals surface area contributed by atoms with Gasteiger partial charge in [0.2, 0.25) is 0 Å². The van der Waals surface area contributed by atoms with E-state index in [2.05, 4.69) is 11.3 Å². The number of rotatable bonds is 6. The predicted molar refractivity (Wildman–Crippen MR) is 60.6 cm³/mol. The molecule has 0 aliphatic heterocycles. The lowest BCUT2D eigenvalue weighted by Crippen LogP contribution is -2.15. The molecule has 0 aromatic rings. The van der Waals surface area contributed by atoms with Crippen LogP contribution in [0.4, 0.5) is 0 Å². The number of carboxylic acids is 1. The zero-order valence-corrected chi connectivity index (χ0v) is 9.81. The van der Waals surface area contributed by atoms with Crippen molar-refractivity contribution in [3.63, 3.8) is 0 Å². The molecule has 6 nitrogen and oxygen atoms in total. The van der Waals surface area contributed by atoms with Crippen LogP contribution in [0.5, 0.6) is 0 Å². The molecule has 0 radical (unpaired) electrons. The van der Waals surface area contributed by atoms with Gasteiger partial charge in [-0.2, -0.15) is 0 Å². The van der Waals surface area contributed by atoms with Crippen molar-refractivity contribution in [3.05, 3.63) is 23.8 Å². The molecule has 0 aromatic carbocycles. The van der Waals surface area contributed by atoms with Crippen LogP contribution in [0, 0.1) is 0 Å². The normalized spacial score (nSPS) is 14.2. The van der Waals surface area contributed by atoms with E-state index >= 15 is 0 Å². The Balaban J connectivity index is 2.41. The van der Waals surface area contributed by atoms with E-state index in [1.807, 2.05) is 0 Å². The van der Waals surface area contributed by atoms with Crippen molar-refractivity contribution in [2.24, 2.45) is 0 Å². The number of esters is 2. The number of hydrogen-bond acceptors (Lipinski definition) is 5. The number of aliphatic carboxylic acids is 1. The fourth-order valence-corrected chi connectivity index (χ4v) is 1.63. The molecule has 0 amide bonds. The first kappa shape index (κ1) is 14.0. The van der Waals surface area contributed by atoms with Crippen LogP contribution in [0.2, 0.25) is 0 Å². The van der Waals surface area contributed by atoms with Crippen LogP contribution in [0.3, 0.4) is 0 Å². The first-order chi connectivity index (χ1) is 8.56.